The first-order valence-electron chi connectivity index (χ1n) is 5.84. The quantitative estimate of drug-likeness (QED) is 0.737. The van der Waals surface area contributed by atoms with E-state index >= 15 is 0 Å². The number of aliphatic carboxylic acids is 1. The zero-order valence-electron chi connectivity index (χ0n) is 10.7. The maximum Gasteiger partial charge on any atom is 0.306 e. The van der Waals surface area contributed by atoms with Gasteiger partial charge in [0, 0.05) is 0 Å². The van der Waals surface area contributed by atoms with Crippen molar-refractivity contribution in [3.63, 3.8) is 0 Å². The molecule has 0 aromatic carbocycles. The molecule has 16 heavy (non-hydrogen) atoms. The molecule has 0 radical (unpaired) electrons. The summed E-state index contributed by atoms with van der Waals surface area (Å²) in [5.74, 6) is -0.667. The fraction of sp³-hybridized carbons (Fsp3) is 0.643. The average molecular weight is 222 g/mol. The molecule has 0 heterocycles. The Labute approximate surface area is 98.1 Å². The number of carbonyl (C=O) groups is 1. The van der Waals surface area contributed by atoms with Crippen LogP contribution in [-0.2, 0) is 4.79 Å². The van der Waals surface area contributed by atoms with Gasteiger partial charge >= 0.3 is 5.97 Å². The number of allylic oxidation sites excluding steroid dienone is 3. The van der Waals surface area contributed by atoms with Gasteiger partial charge in [-0.2, -0.15) is 0 Å². The molecular weight excluding hydrogens is 200 g/mol. The van der Waals surface area contributed by atoms with Gasteiger partial charge in [-0.25, -0.2) is 0 Å². The molecule has 1 N–H and O–H groups in total. The number of hydrogen-bond donors (Lipinski definition) is 1. The minimum Gasteiger partial charge on any atom is -0.481 e. The highest BCUT2D eigenvalue weighted by atomic mass is 16.4. The van der Waals surface area contributed by atoms with Crippen LogP contribution in [0.25, 0.3) is 0 Å². The SMILES string of the molecule is C=C(CC(C)C(=O)O)C1CC=C(C)C1(C)C. The predicted molar refractivity (Wildman–Crippen MR) is 66.2 cm³/mol. The molecule has 90 valence electrons. The first-order valence-corrected chi connectivity index (χ1v) is 5.84. The summed E-state index contributed by atoms with van der Waals surface area (Å²) in [5.41, 5.74) is 2.60. The van der Waals surface area contributed by atoms with Crippen LogP contribution in [0.5, 0.6) is 0 Å². The van der Waals surface area contributed by atoms with Gasteiger partial charge in [0.05, 0.1) is 5.92 Å². The Morgan fingerprint density at radius 2 is 2.25 bits per heavy atom. The van der Waals surface area contributed by atoms with Crippen molar-refractivity contribution in [2.75, 3.05) is 0 Å². The molecule has 0 amide bonds. The number of rotatable bonds is 4. The van der Waals surface area contributed by atoms with Crippen LogP contribution in [0.4, 0.5) is 0 Å². The van der Waals surface area contributed by atoms with E-state index < -0.39 is 5.97 Å². The first kappa shape index (κ1) is 13.0. The fourth-order valence-corrected chi connectivity index (χ4v) is 2.43. The van der Waals surface area contributed by atoms with Crippen molar-refractivity contribution in [1.82, 2.24) is 0 Å². The van der Waals surface area contributed by atoms with Gasteiger partial charge in [-0.05, 0) is 31.1 Å². The molecule has 2 unspecified atom stereocenters. The molecule has 0 saturated carbocycles. The van der Waals surface area contributed by atoms with Crippen molar-refractivity contribution in [1.29, 1.82) is 0 Å². The van der Waals surface area contributed by atoms with E-state index in [2.05, 4.69) is 33.4 Å². The van der Waals surface area contributed by atoms with Crippen LogP contribution in [0.1, 0.15) is 40.5 Å². The summed E-state index contributed by atoms with van der Waals surface area (Å²) in [6.45, 7) is 12.4. The third-order valence-corrected chi connectivity index (χ3v) is 4.03. The molecule has 2 heteroatoms. The van der Waals surface area contributed by atoms with Crippen LogP contribution >= 0.6 is 0 Å². The number of hydrogen-bond acceptors (Lipinski definition) is 1. The molecule has 2 nitrogen and oxygen atoms in total. The van der Waals surface area contributed by atoms with Crippen molar-refractivity contribution in [3.05, 3.63) is 23.8 Å². The van der Waals surface area contributed by atoms with Gasteiger partial charge in [-0.1, -0.05) is 44.6 Å². The van der Waals surface area contributed by atoms with Gasteiger partial charge in [-0.3, -0.25) is 4.79 Å². The van der Waals surface area contributed by atoms with Crippen molar-refractivity contribution >= 4 is 5.97 Å². The largest absolute Gasteiger partial charge is 0.481 e. The summed E-state index contributed by atoms with van der Waals surface area (Å²) >= 11 is 0. The van der Waals surface area contributed by atoms with E-state index in [1.165, 1.54) is 5.57 Å². The zero-order chi connectivity index (χ0) is 12.5. The maximum atomic E-state index is 10.8. The van der Waals surface area contributed by atoms with Crippen molar-refractivity contribution in [2.24, 2.45) is 17.3 Å². The van der Waals surface area contributed by atoms with Crippen molar-refractivity contribution < 1.29 is 9.90 Å². The van der Waals surface area contributed by atoms with E-state index in [4.69, 9.17) is 5.11 Å². The molecule has 0 aromatic rings. The van der Waals surface area contributed by atoms with Gasteiger partial charge in [0.25, 0.3) is 0 Å². The van der Waals surface area contributed by atoms with Crippen LogP contribution in [0.2, 0.25) is 0 Å². The Kier molecular flexibility index (Phi) is 3.61. The van der Waals surface area contributed by atoms with Crippen molar-refractivity contribution in [3.8, 4) is 0 Å². The van der Waals surface area contributed by atoms with Crippen molar-refractivity contribution in [2.45, 2.75) is 40.5 Å². The van der Waals surface area contributed by atoms with Crippen LogP contribution in [-0.4, -0.2) is 11.1 Å². The summed E-state index contributed by atoms with van der Waals surface area (Å²) in [5, 5.41) is 8.90. The van der Waals surface area contributed by atoms with E-state index in [1.54, 1.807) is 6.92 Å². The van der Waals surface area contributed by atoms with Gasteiger partial charge in [0.1, 0.15) is 0 Å². The lowest BCUT2D eigenvalue weighted by atomic mass is 9.73. The lowest BCUT2D eigenvalue weighted by molar-refractivity contribution is -0.141. The van der Waals surface area contributed by atoms with E-state index in [-0.39, 0.29) is 11.3 Å². The minimum absolute atomic E-state index is 0.134. The average Bonchev–Trinajstić information content (AvgIpc) is 2.41. The summed E-state index contributed by atoms with van der Waals surface area (Å²) in [6.07, 6.45) is 3.84. The van der Waals surface area contributed by atoms with Gasteiger partial charge < -0.3 is 5.11 Å². The second-order valence-electron chi connectivity index (χ2n) is 5.50. The highest BCUT2D eigenvalue weighted by molar-refractivity contribution is 5.69. The monoisotopic (exact) mass is 222 g/mol. The van der Waals surface area contributed by atoms with E-state index in [0.717, 1.165) is 12.0 Å². The predicted octanol–water partition coefficient (Wildman–Crippen LogP) is 3.65. The third-order valence-electron chi connectivity index (χ3n) is 4.03. The molecule has 0 saturated heterocycles. The fourth-order valence-electron chi connectivity index (χ4n) is 2.43. The molecule has 1 aliphatic carbocycles. The summed E-state index contributed by atoms with van der Waals surface area (Å²) < 4.78 is 0. The van der Waals surface area contributed by atoms with Gasteiger partial charge in [-0.15, -0.1) is 0 Å². The second kappa shape index (κ2) is 4.44. The lowest BCUT2D eigenvalue weighted by Crippen LogP contribution is -2.23. The molecular formula is C14H22O2. The summed E-state index contributed by atoms with van der Waals surface area (Å²) in [4.78, 5) is 10.8. The Bertz CT molecular complexity index is 337. The molecule has 0 spiro atoms. The first-order chi connectivity index (χ1) is 7.26. The molecule has 0 fully saturated rings. The van der Waals surface area contributed by atoms with Gasteiger partial charge in [0.15, 0.2) is 0 Å². The Balaban J connectivity index is 2.68. The van der Waals surface area contributed by atoms with Crippen LogP contribution in [0.15, 0.2) is 23.8 Å². The smallest absolute Gasteiger partial charge is 0.306 e. The molecule has 0 aromatic heterocycles. The van der Waals surface area contributed by atoms with E-state index in [1.807, 2.05) is 0 Å². The molecule has 0 bridgehead atoms. The third kappa shape index (κ3) is 2.37. The number of carboxylic acids is 1. The van der Waals surface area contributed by atoms with Gasteiger partial charge in [0.2, 0.25) is 0 Å². The molecule has 1 aliphatic rings. The zero-order valence-corrected chi connectivity index (χ0v) is 10.7. The molecule has 2 atom stereocenters. The molecule has 0 aliphatic heterocycles. The summed E-state index contributed by atoms with van der Waals surface area (Å²) in [6, 6.07) is 0. The van der Waals surface area contributed by atoms with E-state index in [0.29, 0.717) is 12.3 Å². The minimum atomic E-state index is -0.735. The lowest BCUT2D eigenvalue weighted by Gasteiger charge is -2.32. The van der Waals surface area contributed by atoms with Crippen LogP contribution in [0, 0.1) is 17.3 Å². The second-order valence-corrected chi connectivity index (χ2v) is 5.50. The summed E-state index contributed by atoms with van der Waals surface area (Å²) in [7, 11) is 0. The standard InChI is InChI=1S/C14H22O2/c1-9(8-10(2)13(15)16)12-7-6-11(3)14(12,4)5/h6,10,12H,1,7-8H2,2-5H3,(H,15,16). The normalized spacial score (nSPS) is 25.0. The van der Waals surface area contributed by atoms with Crippen LogP contribution in [0.3, 0.4) is 0 Å². The highest BCUT2D eigenvalue weighted by Gasteiger charge is 2.36. The Hall–Kier alpha value is -1.05. The maximum absolute atomic E-state index is 10.8. The molecule has 1 rings (SSSR count). The Morgan fingerprint density at radius 1 is 1.69 bits per heavy atom. The number of carboxylic acid groups (broad SMARTS) is 1. The highest BCUT2D eigenvalue weighted by Crippen LogP contribution is 2.47. The topological polar surface area (TPSA) is 37.3 Å². The van der Waals surface area contributed by atoms with E-state index in [9.17, 15) is 4.79 Å². The van der Waals surface area contributed by atoms with Crippen LogP contribution < -0.4 is 0 Å². The Morgan fingerprint density at radius 3 is 2.62 bits per heavy atom.